The SMILES string of the molecule is COC(=O)C(N)c1c(Cl)ncnc1Cl. The average molecular weight is 236 g/mol. The Morgan fingerprint density at radius 1 is 1.50 bits per heavy atom. The summed E-state index contributed by atoms with van der Waals surface area (Å²) >= 11 is 11.4. The van der Waals surface area contributed by atoms with Crippen molar-refractivity contribution < 1.29 is 9.53 Å². The number of carbonyl (C=O) groups excluding carboxylic acids is 1. The van der Waals surface area contributed by atoms with Crippen LogP contribution in [-0.4, -0.2) is 23.0 Å². The van der Waals surface area contributed by atoms with Gasteiger partial charge in [0.25, 0.3) is 0 Å². The van der Waals surface area contributed by atoms with E-state index in [0.717, 1.165) is 0 Å². The lowest BCUT2D eigenvalue weighted by Crippen LogP contribution is -2.23. The lowest BCUT2D eigenvalue weighted by Gasteiger charge is -2.10. The minimum Gasteiger partial charge on any atom is -0.468 e. The first-order valence-electron chi connectivity index (χ1n) is 3.57. The van der Waals surface area contributed by atoms with Crippen LogP contribution in [0.2, 0.25) is 10.3 Å². The molecule has 0 aliphatic carbocycles. The highest BCUT2D eigenvalue weighted by Gasteiger charge is 2.23. The van der Waals surface area contributed by atoms with Crippen molar-refractivity contribution in [2.24, 2.45) is 5.73 Å². The van der Waals surface area contributed by atoms with Crippen LogP contribution in [0.4, 0.5) is 0 Å². The van der Waals surface area contributed by atoms with Crippen LogP contribution in [-0.2, 0) is 9.53 Å². The molecule has 0 saturated heterocycles. The number of hydrogen-bond donors (Lipinski definition) is 1. The molecule has 0 spiro atoms. The second-order valence-electron chi connectivity index (χ2n) is 2.37. The standard InChI is InChI=1S/C7H7Cl2N3O2/c1-14-7(13)4(10)3-5(8)11-2-12-6(3)9/h2,4H,10H2,1H3. The summed E-state index contributed by atoms with van der Waals surface area (Å²) < 4.78 is 4.44. The van der Waals surface area contributed by atoms with E-state index < -0.39 is 12.0 Å². The van der Waals surface area contributed by atoms with Crippen LogP contribution in [0.1, 0.15) is 11.6 Å². The zero-order valence-corrected chi connectivity index (χ0v) is 8.71. The number of halogens is 2. The topological polar surface area (TPSA) is 78.1 Å². The number of rotatable bonds is 2. The van der Waals surface area contributed by atoms with Crippen molar-refractivity contribution in [3.63, 3.8) is 0 Å². The predicted octanol–water partition coefficient (Wildman–Crippen LogP) is 0.956. The summed E-state index contributed by atoms with van der Waals surface area (Å²) in [6.07, 6.45) is 1.18. The van der Waals surface area contributed by atoms with Crippen molar-refractivity contribution in [3.8, 4) is 0 Å². The molecule has 2 N–H and O–H groups in total. The van der Waals surface area contributed by atoms with E-state index in [1.807, 2.05) is 0 Å². The van der Waals surface area contributed by atoms with Crippen molar-refractivity contribution in [1.29, 1.82) is 0 Å². The number of carbonyl (C=O) groups is 1. The monoisotopic (exact) mass is 235 g/mol. The van der Waals surface area contributed by atoms with Gasteiger partial charge in [-0.2, -0.15) is 0 Å². The van der Waals surface area contributed by atoms with E-state index in [4.69, 9.17) is 28.9 Å². The molecule has 0 saturated carbocycles. The summed E-state index contributed by atoms with van der Waals surface area (Å²) in [5.41, 5.74) is 5.70. The molecule has 0 bridgehead atoms. The number of esters is 1. The number of methoxy groups -OCH3 is 1. The molecule has 0 aromatic carbocycles. The molecule has 7 heteroatoms. The van der Waals surface area contributed by atoms with Gasteiger partial charge in [-0.25, -0.2) is 9.97 Å². The number of nitrogens with two attached hydrogens (primary N) is 1. The molecule has 14 heavy (non-hydrogen) atoms. The van der Waals surface area contributed by atoms with Crippen LogP contribution in [0.3, 0.4) is 0 Å². The van der Waals surface area contributed by atoms with Crippen molar-refractivity contribution in [2.45, 2.75) is 6.04 Å². The smallest absolute Gasteiger partial charge is 0.327 e. The molecule has 0 amide bonds. The van der Waals surface area contributed by atoms with Crippen LogP contribution in [0.25, 0.3) is 0 Å². The Morgan fingerprint density at radius 2 is 2.00 bits per heavy atom. The van der Waals surface area contributed by atoms with E-state index in [9.17, 15) is 4.79 Å². The van der Waals surface area contributed by atoms with Gasteiger partial charge in [-0.3, -0.25) is 4.79 Å². The van der Waals surface area contributed by atoms with Gasteiger partial charge >= 0.3 is 5.97 Å². The highest BCUT2D eigenvalue weighted by Crippen LogP contribution is 2.25. The largest absolute Gasteiger partial charge is 0.468 e. The average Bonchev–Trinajstić information content (AvgIpc) is 2.16. The van der Waals surface area contributed by atoms with Gasteiger partial charge in [-0.1, -0.05) is 23.2 Å². The first-order valence-corrected chi connectivity index (χ1v) is 4.32. The highest BCUT2D eigenvalue weighted by atomic mass is 35.5. The van der Waals surface area contributed by atoms with Gasteiger partial charge in [0.15, 0.2) is 0 Å². The lowest BCUT2D eigenvalue weighted by molar-refractivity contribution is -0.142. The molecular weight excluding hydrogens is 229 g/mol. The molecule has 1 unspecified atom stereocenters. The third-order valence-electron chi connectivity index (χ3n) is 1.55. The molecule has 76 valence electrons. The molecule has 1 aromatic heterocycles. The molecule has 1 heterocycles. The molecular formula is C7H7Cl2N3O2. The first kappa shape index (κ1) is 11.2. The zero-order valence-electron chi connectivity index (χ0n) is 7.20. The maximum Gasteiger partial charge on any atom is 0.327 e. The van der Waals surface area contributed by atoms with Crippen molar-refractivity contribution in [1.82, 2.24) is 9.97 Å². The molecule has 5 nitrogen and oxygen atoms in total. The quantitative estimate of drug-likeness (QED) is 0.611. The van der Waals surface area contributed by atoms with Gasteiger partial charge in [-0.15, -0.1) is 0 Å². The Balaban J connectivity index is 3.11. The Kier molecular flexibility index (Phi) is 3.62. The summed E-state index contributed by atoms with van der Waals surface area (Å²) in [6, 6.07) is -1.07. The highest BCUT2D eigenvalue weighted by molar-refractivity contribution is 6.34. The summed E-state index contributed by atoms with van der Waals surface area (Å²) in [5.74, 6) is -0.649. The van der Waals surface area contributed by atoms with Crippen LogP contribution in [0.15, 0.2) is 6.33 Å². The van der Waals surface area contributed by atoms with E-state index in [2.05, 4.69) is 14.7 Å². The molecule has 0 fully saturated rings. The molecule has 1 aromatic rings. The minimum absolute atomic E-state index is 0.0444. The Morgan fingerprint density at radius 3 is 2.43 bits per heavy atom. The number of hydrogen-bond acceptors (Lipinski definition) is 5. The van der Waals surface area contributed by atoms with E-state index in [-0.39, 0.29) is 15.9 Å². The fourth-order valence-corrected chi connectivity index (χ4v) is 1.41. The fraction of sp³-hybridized carbons (Fsp3) is 0.286. The molecule has 1 rings (SSSR count). The summed E-state index contributed by atoms with van der Waals surface area (Å²) in [6.45, 7) is 0. The van der Waals surface area contributed by atoms with Gasteiger partial charge in [0.2, 0.25) is 0 Å². The Bertz CT molecular complexity index is 339. The maximum atomic E-state index is 11.1. The number of aromatic nitrogens is 2. The van der Waals surface area contributed by atoms with E-state index in [1.54, 1.807) is 0 Å². The number of nitrogens with zero attached hydrogens (tertiary/aromatic N) is 2. The van der Waals surface area contributed by atoms with Crippen LogP contribution in [0, 0.1) is 0 Å². The first-order chi connectivity index (χ1) is 6.57. The van der Waals surface area contributed by atoms with Gasteiger partial charge in [0.1, 0.15) is 22.7 Å². The van der Waals surface area contributed by atoms with Crippen molar-refractivity contribution in [2.75, 3.05) is 7.11 Å². The van der Waals surface area contributed by atoms with Gasteiger partial charge in [0, 0.05) is 0 Å². The summed E-state index contributed by atoms with van der Waals surface area (Å²) in [7, 11) is 1.22. The Hall–Kier alpha value is -0.910. The molecule has 0 aliphatic heterocycles. The van der Waals surface area contributed by atoms with Crippen molar-refractivity contribution >= 4 is 29.2 Å². The minimum atomic E-state index is -1.07. The van der Waals surface area contributed by atoms with E-state index in [0.29, 0.717) is 0 Å². The molecule has 0 radical (unpaired) electrons. The second kappa shape index (κ2) is 4.54. The fourth-order valence-electron chi connectivity index (χ4n) is 0.856. The maximum absolute atomic E-state index is 11.1. The van der Waals surface area contributed by atoms with E-state index >= 15 is 0 Å². The van der Waals surface area contributed by atoms with Crippen LogP contribution < -0.4 is 5.73 Å². The van der Waals surface area contributed by atoms with Crippen LogP contribution in [0.5, 0.6) is 0 Å². The third-order valence-corrected chi connectivity index (χ3v) is 2.16. The van der Waals surface area contributed by atoms with Gasteiger partial charge in [-0.05, 0) is 0 Å². The third kappa shape index (κ3) is 2.12. The van der Waals surface area contributed by atoms with E-state index in [1.165, 1.54) is 13.4 Å². The lowest BCUT2D eigenvalue weighted by atomic mass is 10.2. The summed E-state index contributed by atoms with van der Waals surface area (Å²) in [5, 5.41) is 0.0887. The number of ether oxygens (including phenoxy) is 1. The predicted molar refractivity (Wildman–Crippen MR) is 51.0 cm³/mol. The second-order valence-corrected chi connectivity index (χ2v) is 3.09. The zero-order chi connectivity index (χ0) is 10.7. The molecule has 1 atom stereocenters. The van der Waals surface area contributed by atoms with Crippen molar-refractivity contribution in [3.05, 3.63) is 22.2 Å². The Labute approximate surface area is 90.2 Å². The summed E-state index contributed by atoms with van der Waals surface area (Å²) in [4.78, 5) is 18.4. The van der Waals surface area contributed by atoms with Gasteiger partial charge in [0.05, 0.1) is 12.7 Å². The van der Waals surface area contributed by atoms with Gasteiger partial charge < -0.3 is 10.5 Å². The van der Waals surface area contributed by atoms with Crippen LogP contribution >= 0.6 is 23.2 Å². The normalized spacial score (nSPS) is 12.3. The molecule has 0 aliphatic rings.